The van der Waals surface area contributed by atoms with Crippen molar-refractivity contribution < 1.29 is 13.6 Å². The summed E-state index contributed by atoms with van der Waals surface area (Å²) >= 11 is 0. The molecule has 0 aliphatic rings. The van der Waals surface area contributed by atoms with Crippen LogP contribution < -0.4 is 11.1 Å². The van der Waals surface area contributed by atoms with E-state index in [2.05, 4.69) is 16.5 Å². The summed E-state index contributed by atoms with van der Waals surface area (Å²) in [6.45, 7) is 0.250. The standard InChI is InChI=1S/C20H17F2N5O/c21-14-9-13(10-15(22)11-14)20(28)25-8-4-7-18-17(12-23)19(24)27(26-18)16-5-2-1-3-6-16/h1-3,5-6,9-11H,4,7-8,24H2,(H,25,28). The summed E-state index contributed by atoms with van der Waals surface area (Å²) in [6.07, 6.45) is 0.883. The molecule has 1 heterocycles. The maximum atomic E-state index is 13.2. The number of halogens is 2. The largest absolute Gasteiger partial charge is 0.382 e. The number of nitrogens with one attached hydrogen (secondary N) is 1. The van der Waals surface area contributed by atoms with E-state index in [1.54, 1.807) is 0 Å². The molecule has 0 radical (unpaired) electrons. The van der Waals surface area contributed by atoms with Crippen LogP contribution in [0.2, 0.25) is 0 Å². The van der Waals surface area contributed by atoms with Crippen molar-refractivity contribution in [1.82, 2.24) is 15.1 Å². The van der Waals surface area contributed by atoms with Gasteiger partial charge in [-0.1, -0.05) is 18.2 Å². The number of carbonyl (C=O) groups excluding carboxylic acids is 1. The van der Waals surface area contributed by atoms with Crippen molar-refractivity contribution in [3.8, 4) is 11.8 Å². The maximum absolute atomic E-state index is 13.2. The van der Waals surface area contributed by atoms with Gasteiger partial charge in [-0.15, -0.1) is 0 Å². The molecule has 0 bridgehead atoms. The Morgan fingerprint density at radius 3 is 2.50 bits per heavy atom. The Morgan fingerprint density at radius 2 is 1.86 bits per heavy atom. The number of anilines is 1. The summed E-state index contributed by atoms with van der Waals surface area (Å²) in [7, 11) is 0. The number of aryl methyl sites for hydroxylation is 1. The highest BCUT2D eigenvalue weighted by Crippen LogP contribution is 2.21. The van der Waals surface area contributed by atoms with Crippen molar-refractivity contribution >= 4 is 11.7 Å². The number of aromatic nitrogens is 2. The lowest BCUT2D eigenvalue weighted by molar-refractivity contribution is 0.0952. The first-order chi connectivity index (χ1) is 13.5. The van der Waals surface area contributed by atoms with E-state index in [-0.39, 0.29) is 17.9 Å². The molecule has 28 heavy (non-hydrogen) atoms. The normalized spacial score (nSPS) is 10.5. The molecule has 2 aromatic carbocycles. The van der Waals surface area contributed by atoms with E-state index in [1.807, 2.05) is 30.3 Å². The van der Waals surface area contributed by atoms with E-state index < -0.39 is 17.5 Å². The molecule has 0 unspecified atom stereocenters. The number of rotatable bonds is 6. The number of benzene rings is 2. The fourth-order valence-electron chi connectivity index (χ4n) is 2.79. The third-order valence-corrected chi connectivity index (χ3v) is 4.11. The molecule has 1 aromatic heterocycles. The Morgan fingerprint density at radius 1 is 1.18 bits per heavy atom. The summed E-state index contributed by atoms with van der Waals surface area (Å²) in [5, 5.41) is 16.4. The molecule has 0 saturated carbocycles. The number of hydrogen-bond acceptors (Lipinski definition) is 4. The van der Waals surface area contributed by atoms with Crippen molar-refractivity contribution in [2.45, 2.75) is 12.8 Å². The zero-order valence-electron chi connectivity index (χ0n) is 14.8. The predicted octanol–water partition coefficient (Wildman–Crippen LogP) is 2.97. The molecule has 0 aliphatic heterocycles. The van der Waals surface area contributed by atoms with E-state index in [0.29, 0.717) is 30.2 Å². The summed E-state index contributed by atoms with van der Waals surface area (Å²) in [5.74, 6) is -1.95. The minimum absolute atomic E-state index is 0.0900. The Labute approximate surface area is 160 Å². The number of nitrogens with zero attached hydrogens (tertiary/aromatic N) is 3. The highest BCUT2D eigenvalue weighted by molar-refractivity contribution is 5.94. The van der Waals surface area contributed by atoms with Gasteiger partial charge in [0.15, 0.2) is 0 Å². The molecule has 3 rings (SSSR count). The second-order valence-electron chi connectivity index (χ2n) is 6.08. The lowest BCUT2D eigenvalue weighted by Crippen LogP contribution is -2.25. The zero-order valence-corrected chi connectivity index (χ0v) is 14.8. The van der Waals surface area contributed by atoms with Gasteiger partial charge in [0.2, 0.25) is 0 Å². The van der Waals surface area contributed by atoms with E-state index >= 15 is 0 Å². The minimum Gasteiger partial charge on any atom is -0.382 e. The summed E-state index contributed by atoms with van der Waals surface area (Å²) in [6, 6.07) is 13.9. The van der Waals surface area contributed by atoms with Gasteiger partial charge >= 0.3 is 0 Å². The van der Waals surface area contributed by atoms with Crippen molar-refractivity contribution in [2.24, 2.45) is 0 Å². The van der Waals surface area contributed by atoms with Gasteiger partial charge in [-0.2, -0.15) is 10.4 Å². The first-order valence-electron chi connectivity index (χ1n) is 8.57. The van der Waals surface area contributed by atoms with Crippen LogP contribution in [0.15, 0.2) is 48.5 Å². The number of nitriles is 1. The average Bonchev–Trinajstić information content (AvgIpc) is 3.00. The van der Waals surface area contributed by atoms with Crippen LogP contribution in [-0.2, 0) is 6.42 Å². The van der Waals surface area contributed by atoms with Gasteiger partial charge in [0.1, 0.15) is 29.1 Å². The predicted molar refractivity (Wildman–Crippen MR) is 99.7 cm³/mol. The quantitative estimate of drug-likeness (QED) is 0.642. The fraction of sp³-hybridized carbons (Fsp3) is 0.150. The fourth-order valence-corrected chi connectivity index (χ4v) is 2.79. The molecule has 0 atom stereocenters. The molecule has 0 spiro atoms. The number of para-hydroxylation sites is 1. The van der Waals surface area contributed by atoms with Crippen LogP contribution in [-0.4, -0.2) is 22.2 Å². The van der Waals surface area contributed by atoms with E-state index in [4.69, 9.17) is 5.73 Å². The SMILES string of the molecule is N#Cc1c(CCCNC(=O)c2cc(F)cc(F)c2)nn(-c2ccccc2)c1N. The molecule has 6 nitrogen and oxygen atoms in total. The molecule has 3 aromatic rings. The molecule has 0 aliphatic carbocycles. The van der Waals surface area contributed by atoms with Gasteiger partial charge in [0, 0.05) is 18.2 Å². The number of nitrogen functional groups attached to an aromatic ring is 1. The van der Waals surface area contributed by atoms with Gasteiger partial charge in [0.05, 0.1) is 11.4 Å². The van der Waals surface area contributed by atoms with Crippen LogP contribution >= 0.6 is 0 Å². The van der Waals surface area contributed by atoms with Crippen LogP contribution in [0.4, 0.5) is 14.6 Å². The molecule has 0 fully saturated rings. The van der Waals surface area contributed by atoms with Crippen LogP contribution in [0.1, 0.15) is 28.0 Å². The molecule has 142 valence electrons. The van der Waals surface area contributed by atoms with Crippen LogP contribution in [0.3, 0.4) is 0 Å². The minimum atomic E-state index is -0.814. The summed E-state index contributed by atoms with van der Waals surface area (Å²) in [4.78, 5) is 12.0. The lowest BCUT2D eigenvalue weighted by atomic mass is 10.1. The first-order valence-corrected chi connectivity index (χ1v) is 8.57. The van der Waals surface area contributed by atoms with Crippen LogP contribution in [0.25, 0.3) is 5.69 Å². The highest BCUT2D eigenvalue weighted by atomic mass is 19.1. The zero-order chi connectivity index (χ0) is 20.1. The topological polar surface area (TPSA) is 96.7 Å². The number of hydrogen-bond donors (Lipinski definition) is 2. The Balaban J connectivity index is 1.63. The van der Waals surface area contributed by atoms with Gasteiger partial charge in [-0.25, -0.2) is 13.5 Å². The molecule has 8 heteroatoms. The van der Waals surface area contributed by atoms with Crippen LogP contribution in [0, 0.1) is 23.0 Å². The van der Waals surface area contributed by atoms with E-state index in [9.17, 15) is 18.8 Å². The number of amides is 1. The van der Waals surface area contributed by atoms with Gasteiger partial charge in [0.25, 0.3) is 5.91 Å². The molecule has 1 amide bonds. The first kappa shape index (κ1) is 19.0. The maximum Gasteiger partial charge on any atom is 0.251 e. The number of carbonyl (C=O) groups is 1. The third kappa shape index (κ3) is 4.15. The van der Waals surface area contributed by atoms with Crippen molar-refractivity contribution in [1.29, 1.82) is 5.26 Å². The van der Waals surface area contributed by atoms with E-state index in [1.165, 1.54) is 4.68 Å². The Kier molecular flexibility index (Phi) is 5.65. The Bertz CT molecular complexity index is 1020. The monoisotopic (exact) mass is 381 g/mol. The van der Waals surface area contributed by atoms with Gasteiger partial charge in [-0.3, -0.25) is 4.79 Å². The van der Waals surface area contributed by atoms with Crippen LogP contribution in [0.5, 0.6) is 0 Å². The average molecular weight is 381 g/mol. The molecular weight excluding hydrogens is 364 g/mol. The van der Waals surface area contributed by atoms with Gasteiger partial charge < -0.3 is 11.1 Å². The second-order valence-corrected chi connectivity index (χ2v) is 6.08. The lowest BCUT2D eigenvalue weighted by Gasteiger charge is -2.05. The van der Waals surface area contributed by atoms with Crippen molar-refractivity contribution in [3.05, 3.63) is 77.0 Å². The van der Waals surface area contributed by atoms with Crippen molar-refractivity contribution in [2.75, 3.05) is 12.3 Å². The molecular formula is C20H17F2N5O. The van der Waals surface area contributed by atoms with E-state index in [0.717, 1.165) is 17.8 Å². The third-order valence-electron chi connectivity index (χ3n) is 4.11. The summed E-state index contributed by atoms with van der Waals surface area (Å²) in [5.41, 5.74) is 7.51. The highest BCUT2D eigenvalue weighted by Gasteiger charge is 2.16. The summed E-state index contributed by atoms with van der Waals surface area (Å²) < 4.78 is 27.9. The smallest absolute Gasteiger partial charge is 0.251 e. The Hall–Kier alpha value is -3.73. The van der Waals surface area contributed by atoms with Gasteiger partial charge in [-0.05, 0) is 37.1 Å². The van der Waals surface area contributed by atoms with Crippen molar-refractivity contribution in [3.63, 3.8) is 0 Å². The molecule has 0 saturated heterocycles. The molecule has 3 N–H and O–H groups in total. The second kappa shape index (κ2) is 8.31. The number of nitrogens with two attached hydrogens (primary N) is 1.